The van der Waals surface area contributed by atoms with Gasteiger partial charge in [-0.25, -0.2) is 4.79 Å². The van der Waals surface area contributed by atoms with Crippen LogP contribution in [-0.2, 0) is 4.74 Å². The van der Waals surface area contributed by atoms with Crippen molar-refractivity contribution in [2.75, 3.05) is 26.3 Å². The summed E-state index contributed by atoms with van der Waals surface area (Å²) in [7, 11) is 0. The minimum absolute atomic E-state index is 0.0316. The van der Waals surface area contributed by atoms with E-state index in [1.165, 1.54) is 24.8 Å². The maximum absolute atomic E-state index is 12.5. The van der Waals surface area contributed by atoms with Gasteiger partial charge in [0.05, 0.1) is 19.3 Å². The number of urea groups is 1. The molecule has 0 radical (unpaired) electrons. The van der Waals surface area contributed by atoms with Gasteiger partial charge in [-0.15, -0.1) is 0 Å². The monoisotopic (exact) mass is 345 g/mol. The molecule has 0 aromatic heterocycles. The quantitative estimate of drug-likeness (QED) is 0.862. The molecule has 5 heteroatoms. The summed E-state index contributed by atoms with van der Waals surface area (Å²) in [6, 6.07) is 11.0. The van der Waals surface area contributed by atoms with Crippen LogP contribution in [0.3, 0.4) is 0 Å². The molecule has 2 atom stereocenters. The Morgan fingerprint density at radius 3 is 2.48 bits per heavy atom. The van der Waals surface area contributed by atoms with Crippen molar-refractivity contribution in [3.05, 3.63) is 35.9 Å². The second-order valence-corrected chi connectivity index (χ2v) is 7.25. The molecule has 0 spiro atoms. The van der Waals surface area contributed by atoms with Crippen molar-refractivity contribution >= 4 is 6.03 Å². The number of amides is 2. The molecule has 0 unspecified atom stereocenters. The van der Waals surface area contributed by atoms with Crippen LogP contribution in [0.4, 0.5) is 4.79 Å². The second-order valence-electron chi connectivity index (χ2n) is 7.25. The highest BCUT2D eigenvalue weighted by atomic mass is 16.5. The first kappa shape index (κ1) is 18.2. The molecule has 1 aromatic carbocycles. The van der Waals surface area contributed by atoms with E-state index < -0.39 is 0 Å². The van der Waals surface area contributed by atoms with E-state index >= 15 is 0 Å². The van der Waals surface area contributed by atoms with E-state index in [9.17, 15) is 4.79 Å². The lowest BCUT2D eigenvalue weighted by Crippen LogP contribution is -2.52. The molecule has 2 fully saturated rings. The molecule has 1 heterocycles. The van der Waals surface area contributed by atoms with Gasteiger partial charge in [-0.2, -0.15) is 0 Å². The SMILES string of the molecule is C[C@@H](NC(=O)NC1CCCCC1)[C@H](c1ccccc1)N1CCOCC1. The summed E-state index contributed by atoms with van der Waals surface area (Å²) in [5.74, 6) is 0. The maximum atomic E-state index is 12.5. The van der Waals surface area contributed by atoms with E-state index in [0.29, 0.717) is 6.04 Å². The minimum Gasteiger partial charge on any atom is -0.379 e. The number of carbonyl (C=O) groups is 1. The van der Waals surface area contributed by atoms with Crippen molar-refractivity contribution in [1.29, 1.82) is 0 Å². The van der Waals surface area contributed by atoms with Crippen LogP contribution < -0.4 is 10.6 Å². The van der Waals surface area contributed by atoms with Crippen LogP contribution in [0.5, 0.6) is 0 Å². The van der Waals surface area contributed by atoms with Crippen molar-refractivity contribution in [2.45, 2.75) is 57.2 Å². The highest BCUT2D eigenvalue weighted by molar-refractivity contribution is 5.74. The van der Waals surface area contributed by atoms with Gasteiger partial charge in [-0.1, -0.05) is 49.6 Å². The molecular weight excluding hydrogens is 314 g/mol. The molecule has 1 aliphatic carbocycles. The van der Waals surface area contributed by atoms with E-state index in [2.05, 4.69) is 46.7 Å². The average molecular weight is 345 g/mol. The van der Waals surface area contributed by atoms with E-state index in [-0.39, 0.29) is 18.1 Å². The lowest BCUT2D eigenvalue weighted by atomic mass is 9.95. The van der Waals surface area contributed by atoms with Gasteiger partial charge >= 0.3 is 6.03 Å². The first-order valence-corrected chi connectivity index (χ1v) is 9.68. The number of benzene rings is 1. The number of ether oxygens (including phenoxy) is 1. The summed E-state index contributed by atoms with van der Waals surface area (Å²) < 4.78 is 5.51. The average Bonchev–Trinajstić information content (AvgIpc) is 2.64. The van der Waals surface area contributed by atoms with Gasteiger partial charge in [-0.3, -0.25) is 4.90 Å². The number of hydrogen-bond donors (Lipinski definition) is 2. The number of hydrogen-bond acceptors (Lipinski definition) is 3. The maximum Gasteiger partial charge on any atom is 0.315 e. The fourth-order valence-electron chi connectivity index (χ4n) is 4.08. The fraction of sp³-hybridized carbons (Fsp3) is 0.650. The summed E-state index contributed by atoms with van der Waals surface area (Å²) in [5.41, 5.74) is 1.25. The summed E-state index contributed by atoms with van der Waals surface area (Å²) in [6.45, 7) is 5.41. The Kier molecular flexibility index (Phi) is 6.70. The zero-order valence-corrected chi connectivity index (χ0v) is 15.2. The normalized spacial score (nSPS) is 22.1. The van der Waals surface area contributed by atoms with E-state index in [0.717, 1.165) is 39.1 Å². The Balaban J connectivity index is 1.63. The predicted octanol–water partition coefficient (Wildman–Crippen LogP) is 3.08. The van der Waals surface area contributed by atoms with Crippen LogP contribution in [0.25, 0.3) is 0 Å². The second kappa shape index (κ2) is 9.20. The number of nitrogens with zero attached hydrogens (tertiary/aromatic N) is 1. The number of rotatable bonds is 5. The van der Waals surface area contributed by atoms with Crippen LogP contribution in [0.15, 0.2) is 30.3 Å². The Hall–Kier alpha value is -1.59. The molecule has 1 aromatic rings. The number of morpholine rings is 1. The molecule has 25 heavy (non-hydrogen) atoms. The topological polar surface area (TPSA) is 53.6 Å². The third-order valence-corrected chi connectivity index (χ3v) is 5.35. The van der Waals surface area contributed by atoms with Gasteiger partial charge in [0.1, 0.15) is 0 Å². The summed E-state index contributed by atoms with van der Waals surface area (Å²) >= 11 is 0. The van der Waals surface area contributed by atoms with Crippen LogP contribution in [0, 0.1) is 0 Å². The Morgan fingerprint density at radius 1 is 1.12 bits per heavy atom. The molecule has 3 rings (SSSR count). The molecule has 2 amide bonds. The van der Waals surface area contributed by atoms with Crippen molar-refractivity contribution in [3.8, 4) is 0 Å². The van der Waals surface area contributed by atoms with E-state index in [1.807, 2.05) is 6.07 Å². The first-order valence-electron chi connectivity index (χ1n) is 9.68. The Labute approximate surface area is 151 Å². The summed E-state index contributed by atoms with van der Waals surface area (Å²) in [5, 5.41) is 6.36. The van der Waals surface area contributed by atoms with Crippen LogP contribution >= 0.6 is 0 Å². The molecule has 5 nitrogen and oxygen atoms in total. The first-order chi connectivity index (χ1) is 12.2. The lowest BCUT2D eigenvalue weighted by molar-refractivity contribution is 0.00958. The van der Waals surface area contributed by atoms with Gasteiger partial charge < -0.3 is 15.4 Å². The van der Waals surface area contributed by atoms with Gasteiger partial charge in [0.2, 0.25) is 0 Å². The van der Waals surface area contributed by atoms with Gasteiger partial charge in [0.15, 0.2) is 0 Å². The van der Waals surface area contributed by atoms with Crippen molar-refractivity contribution in [1.82, 2.24) is 15.5 Å². The van der Waals surface area contributed by atoms with Crippen molar-refractivity contribution < 1.29 is 9.53 Å². The molecule has 1 saturated carbocycles. The fourth-order valence-corrected chi connectivity index (χ4v) is 4.08. The predicted molar refractivity (Wildman–Crippen MR) is 99.6 cm³/mol. The number of nitrogens with one attached hydrogen (secondary N) is 2. The molecule has 1 aliphatic heterocycles. The number of carbonyl (C=O) groups excluding carboxylic acids is 1. The van der Waals surface area contributed by atoms with Crippen LogP contribution in [0.2, 0.25) is 0 Å². The smallest absolute Gasteiger partial charge is 0.315 e. The molecule has 138 valence electrons. The standard InChI is InChI=1S/C20H31N3O2/c1-16(21-20(24)22-18-10-6-3-7-11-18)19(17-8-4-2-5-9-17)23-12-14-25-15-13-23/h2,4-5,8-9,16,18-19H,3,6-7,10-15H2,1H3,(H2,21,22,24)/t16-,19-/m1/s1. The summed E-state index contributed by atoms with van der Waals surface area (Å²) in [6.07, 6.45) is 5.95. The molecule has 2 aliphatic rings. The summed E-state index contributed by atoms with van der Waals surface area (Å²) in [4.78, 5) is 14.9. The third-order valence-electron chi connectivity index (χ3n) is 5.35. The zero-order valence-electron chi connectivity index (χ0n) is 15.2. The lowest BCUT2D eigenvalue weighted by Gasteiger charge is -2.38. The largest absolute Gasteiger partial charge is 0.379 e. The molecule has 0 bridgehead atoms. The molecule has 2 N–H and O–H groups in total. The highest BCUT2D eigenvalue weighted by Gasteiger charge is 2.29. The Morgan fingerprint density at radius 2 is 1.80 bits per heavy atom. The van der Waals surface area contributed by atoms with Gasteiger partial charge in [0.25, 0.3) is 0 Å². The van der Waals surface area contributed by atoms with Crippen molar-refractivity contribution in [2.24, 2.45) is 0 Å². The van der Waals surface area contributed by atoms with Gasteiger partial charge in [-0.05, 0) is 25.3 Å². The molecule has 1 saturated heterocycles. The van der Waals surface area contributed by atoms with Crippen molar-refractivity contribution in [3.63, 3.8) is 0 Å². The van der Waals surface area contributed by atoms with Crippen LogP contribution in [-0.4, -0.2) is 49.3 Å². The minimum atomic E-state index is -0.0337. The van der Waals surface area contributed by atoms with E-state index in [4.69, 9.17) is 4.74 Å². The Bertz CT molecular complexity index is 525. The highest BCUT2D eigenvalue weighted by Crippen LogP contribution is 2.25. The van der Waals surface area contributed by atoms with E-state index in [1.54, 1.807) is 0 Å². The van der Waals surface area contributed by atoms with Gasteiger partial charge in [0, 0.05) is 25.2 Å². The third kappa shape index (κ3) is 5.19. The van der Waals surface area contributed by atoms with Crippen LogP contribution in [0.1, 0.15) is 50.6 Å². The molecular formula is C20H31N3O2. The zero-order chi connectivity index (χ0) is 17.5.